The summed E-state index contributed by atoms with van der Waals surface area (Å²) in [6, 6.07) is 6.41. The third-order valence-corrected chi connectivity index (χ3v) is 3.42. The van der Waals surface area contributed by atoms with E-state index in [-0.39, 0.29) is 5.92 Å². The molecular weight excluding hydrogens is 228 g/mol. The SMILES string of the molecule is CCNC1COCC1c1nc2ccc(C)cc2o1. The number of rotatable bonds is 3. The van der Waals surface area contributed by atoms with Gasteiger partial charge >= 0.3 is 0 Å². The van der Waals surface area contributed by atoms with Crippen LogP contribution in [0.15, 0.2) is 22.6 Å². The largest absolute Gasteiger partial charge is 0.440 e. The molecule has 2 heterocycles. The first-order valence-electron chi connectivity index (χ1n) is 6.46. The number of nitrogens with one attached hydrogen (secondary N) is 1. The zero-order chi connectivity index (χ0) is 12.5. The zero-order valence-corrected chi connectivity index (χ0v) is 10.8. The number of aromatic nitrogens is 1. The lowest BCUT2D eigenvalue weighted by Crippen LogP contribution is -2.34. The summed E-state index contributed by atoms with van der Waals surface area (Å²) in [6.45, 7) is 6.51. The van der Waals surface area contributed by atoms with E-state index in [0.717, 1.165) is 30.1 Å². The molecule has 2 unspecified atom stereocenters. The Kier molecular flexibility index (Phi) is 3.06. The van der Waals surface area contributed by atoms with Crippen molar-refractivity contribution in [2.75, 3.05) is 19.8 Å². The number of aryl methyl sites for hydroxylation is 1. The maximum Gasteiger partial charge on any atom is 0.202 e. The Balaban J connectivity index is 1.93. The fourth-order valence-electron chi connectivity index (χ4n) is 2.47. The van der Waals surface area contributed by atoms with E-state index in [4.69, 9.17) is 9.15 Å². The van der Waals surface area contributed by atoms with E-state index in [1.807, 2.05) is 12.1 Å². The molecule has 0 spiro atoms. The lowest BCUT2D eigenvalue weighted by atomic mass is 10.0. The smallest absolute Gasteiger partial charge is 0.202 e. The Bertz CT molecular complexity index is 550. The van der Waals surface area contributed by atoms with Gasteiger partial charge in [0.25, 0.3) is 0 Å². The molecule has 0 aliphatic carbocycles. The second kappa shape index (κ2) is 4.71. The van der Waals surface area contributed by atoms with Crippen LogP contribution in [0, 0.1) is 6.92 Å². The normalized spacial score (nSPS) is 23.9. The van der Waals surface area contributed by atoms with Gasteiger partial charge in [-0.3, -0.25) is 0 Å². The fourth-order valence-corrected chi connectivity index (χ4v) is 2.47. The van der Waals surface area contributed by atoms with E-state index in [0.29, 0.717) is 12.6 Å². The quantitative estimate of drug-likeness (QED) is 0.902. The van der Waals surface area contributed by atoms with E-state index >= 15 is 0 Å². The van der Waals surface area contributed by atoms with Gasteiger partial charge in [0.15, 0.2) is 5.58 Å². The van der Waals surface area contributed by atoms with Crippen molar-refractivity contribution in [2.24, 2.45) is 0 Å². The summed E-state index contributed by atoms with van der Waals surface area (Å²) < 4.78 is 11.4. The highest BCUT2D eigenvalue weighted by molar-refractivity contribution is 5.73. The number of oxazole rings is 1. The molecule has 2 atom stereocenters. The van der Waals surface area contributed by atoms with Crippen molar-refractivity contribution in [3.05, 3.63) is 29.7 Å². The van der Waals surface area contributed by atoms with Gasteiger partial charge in [0.2, 0.25) is 5.89 Å². The van der Waals surface area contributed by atoms with Gasteiger partial charge in [-0.05, 0) is 31.2 Å². The predicted molar refractivity (Wildman–Crippen MR) is 69.8 cm³/mol. The molecule has 1 fully saturated rings. The van der Waals surface area contributed by atoms with Crippen molar-refractivity contribution in [1.29, 1.82) is 0 Å². The van der Waals surface area contributed by atoms with Crippen LogP contribution in [0.4, 0.5) is 0 Å². The first-order chi connectivity index (χ1) is 8.78. The lowest BCUT2D eigenvalue weighted by molar-refractivity contribution is 0.186. The number of benzene rings is 1. The van der Waals surface area contributed by atoms with Crippen LogP contribution < -0.4 is 5.32 Å². The van der Waals surface area contributed by atoms with Crippen LogP contribution in [0.3, 0.4) is 0 Å². The summed E-state index contributed by atoms with van der Waals surface area (Å²) in [5.41, 5.74) is 2.99. The monoisotopic (exact) mass is 246 g/mol. The van der Waals surface area contributed by atoms with Gasteiger partial charge in [0.1, 0.15) is 5.52 Å². The van der Waals surface area contributed by atoms with Gasteiger partial charge in [-0.25, -0.2) is 4.98 Å². The molecule has 1 saturated heterocycles. The van der Waals surface area contributed by atoms with E-state index in [1.165, 1.54) is 5.56 Å². The minimum atomic E-state index is 0.220. The molecule has 18 heavy (non-hydrogen) atoms. The maximum atomic E-state index is 5.88. The van der Waals surface area contributed by atoms with Crippen molar-refractivity contribution in [2.45, 2.75) is 25.8 Å². The molecule has 0 radical (unpaired) electrons. The molecule has 1 aromatic carbocycles. The molecular formula is C14H18N2O2. The zero-order valence-electron chi connectivity index (χ0n) is 10.8. The standard InChI is InChI=1S/C14H18N2O2/c1-3-15-12-8-17-7-10(12)14-16-11-5-4-9(2)6-13(11)18-14/h4-6,10,12,15H,3,7-8H2,1-2H3. The van der Waals surface area contributed by atoms with Crippen LogP contribution in [0.25, 0.3) is 11.1 Å². The van der Waals surface area contributed by atoms with Crippen LogP contribution >= 0.6 is 0 Å². The Morgan fingerprint density at radius 2 is 2.28 bits per heavy atom. The topological polar surface area (TPSA) is 47.3 Å². The number of nitrogens with zero attached hydrogens (tertiary/aromatic N) is 1. The fraction of sp³-hybridized carbons (Fsp3) is 0.500. The Hall–Kier alpha value is -1.39. The third-order valence-electron chi connectivity index (χ3n) is 3.42. The van der Waals surface area contributed by atoms with Crippen molar-refractivity contribution >= 4 is 11.1 Å². The molecule has 1 aliphatic rings. The highest BCUT2D eigenvalue weighted by Crippen LogP contribution is 2.28. The Morgan fingerprint density at radius 3 is 3.11 bits per heavy atom. The van der Waals surface area contributed by atoms with Crippen molar-refractivity contribution in [3.63, 3.8) is 0 Å². The van der Waals surface area contributed by atoms with Crippen LogP contribution in [-0.2, 0) is 4.74 Å². The number of ether oxygens (including phenoxy) is 1. The van der Waals surface area contributed by atoms with Crippen molar-refractivity contribution in [3.8, 4) is 0 Å². The van der Waals surface area contributed by atoms with Gasteiger partial charge in [0.05, 0.1) is 19.1 Å². The molecule has 4 heteroatoms. The first kappa shape index (κ1) is 11.7. The maximum absolute atomic E-state index is 5.88. The highest BCUT2D eigenvalue weighted by Gasteiger charge is 2.32. The van der Waals surface area contributed by atoms with Crippen LogP contribution in [0.5, 0.6) is 0 Å². The number of hydrogen-bond donors (Lipinski definition) is 1. The number of hydrogen-bond acceptors (Lipinski definition) is 4. The molecule has 0 bridgehead atoms. The summed E-state index contributed by atoms with van der Waals surface area (Å²) in [5, 5.41) is 3.42. The molecule has 1 aliphatic heterocycles. The van der Waals surface area contributed by atoms with Gasteiger partial charge in [-0.1, -0.05) is 13.0 Å². The van der Waals surface area contributed by atoms with Gasteiger partial charge < -0.3 is 14.5 Å². The van der Waals surface area contributed by atoms with Gasteiger partial charge in [-0.15, -0.1) is 0 Å². The molecule has 3 rings (SSSR count). The summed E-state index contributed by atoms with van der Waals surface area (Å²) >= 11 is 0. The minimum absolute atomic E-state index is 0.220. The van der Waals surface area contributed by atoms with Crippen LogP contribution in [0.1, 0.15) is 24.3 Å². The molecule has 96 valence electrons. The van der Waals surface area contributed by atoms with Gasteiger partial charge in [-0.2, -0.15) is 0 Å². The summed E-state index contributed by atoms with van der Waals surface area (Å²) in [5.74, 6) is 1.01. The van der Waals surface area contributed by atoms with E-state index in [9.17, 15) is 0 Å². The van der Waals surface area contributed by atoms with Gasteiger partial charge in [0, 0.05) is 6.04 Å². The van der Waals surface area contributed by atoms with E-state index in [2.05, 4.69) is 30.2 Å². The molecule has 1 N–H and O–H groups in total. The second-order valence-corrected chi connectivity index (χ2v) is 4.83. The minimum Gasteiger partial charge on any atom is -0.440 e. The third kappa shape index (κ3) is 2.02. The average molecular weight is 246 g/mol. The lowest BCUT2D eigenvalue weighted by Gasteiger charge is -2.14. The van der Waals surface area contributed by atoms with E-state index < -0.39 is 0 Å². The number of fused-ring (bicyclic) bond motifs is 1. The number of likely N-dealkylation sites (N-methyl/N-ethyl adjacent to an activating group) is 1. The summed E-state index contributed by atoms with van der Waals surface area (Å²) in [7, 11) is 0. The molecule has 0 amide bonds. The van der Waals surface area contributed by atoms with Crippen LogP contribution in [0.2, 0.25) is 0 Å². The predicted octanol–water partition coefficient (Wildman–Crippen LogP) is 2.23. The molecule has 2 aromatic rings. The Morgan fingerprint density at radius 1 is 1.39 bits per heavy atom. The average Bonchev–Trinajstić information content (AvgIpc) is 2.94. The van der Waals surface area contributed by atoms with Crippen LogP contribution in [-0.4, -0.2) is 30.8 Å². The Labute approximate surface area is 106 Å². The molecule has 4 nitrogen and oxygen atoms in total. The summed E-state index contributed by atoms with van der Waals surface area (Å²) in [6.07, 6.45) is 0. The van der Waals surface area contributed by atoms with Crippen molar-refractivity contribution in [1.82, 2.24) is 10.3 Å². The highest BCUT2D eigenvalue weighted by atomic mass is 16.5. The molecule has 0 saturated carbocycles. The molecule has 1 aromatic heterocycles. The van der Waals surface area contributed by atoms with E-state index in [1.54, 1.807) is 0 Å². The first-order valence-corrected chi connectivity index (χ1v) is 6.46. The summed E-state index contributed by atoms with van der Waals surface area (Å²) in [4.78, 5) is 4.58. The second-order valence-electron chi connectivity index (χ2n) is 4.83. The van der Waals surface area contributed by atoms with Crippen molar-refractivity contribution < 1.29 is 9.15 Å².